The number of hydrogen-bond donors (Lipinski definition) is 2. The molecule has 3 amide bonds. The molecule has 3 aromatic rings. The molecule has 0 atom stereocenters. The van der Waals surface area contributed by atoms with Gasteiger partial charge < -0.3 is 19.5 Å². The lowest BCUT2D eigenvalue weighted by Crippen LogP contribution is -2.37. The molecule has 2 N–H and O–H groups in total. The van der Waals surface area contributed by atoms with E-state index < -0.39 is 24.5 Å². The van der Waals surface area contributed by atoms with Crippen molar-refractivity contribution in [3.05, 3.63) is 76.6 Å². The maximum Gasteiger partial charge on any atom is 0.331 e. The lowest BCUT2D eigenvalue weighted by atomic mass is 10.2. The molecule has 2 heterocycles. The Balaban J connectivity index is 1.25. The second-order valence-corrected chi connectivity index (χ2v) is 8.09. The Kier molecular flexibility index (Phi) is 7.86. The summed E-state index contributed by atoms with van der Waals surface area (Å²) in [5, 5.41) is 9.37. The van der Waals surface area contributed by atoms with Gasteiger partial charge in [0.1, 0.15) is 18.4 Å². The number of aromatic nitrogens is 2. The van der Waals surface area contributed by atoms with Crippen LogP contribution in [0.15, 0.2) is 54.6 Å². The molecule has 10 nitrogen and oxygen atoms in total. The highest BCUT2D eigenvalue weighted by atomic mass is 35.5. The molecular formula is C25H23ClN4O6. The van der Waals surface area contributed by atoms with Crippen molar-refractivity contribution in [2.45, 2.75) is 13.5 Å². The van der Waals surface area contributed by atoms with E-state index in [1.54, 1.807) is 29.8 Å². The quantitative estimate of drug-likeness (QED) is 0.368. The second kappa shape index (κ2) is 11.4. The molecule has 186 valence electrons. The predicted octanol–water partition coefficient (Wildman–Crippen LogP) is 3.57. The van der Waals surface area contributed by atoms with E-state index in [-0.39, 0.29) is 0 Å². The van der Waals surface area contributed by atoms with Crippen molar-refractivity contribution in [2.75, 3.05) is 25.1 Å². The summed E-state index contributed by atoms with van der Waals surface area (Å²) in [6.45, 7) is 2.47. The minimum Gasteiger partial charge on any atom is -0.486 e. The summed E-state index contributed by atoms with van der Waals surface area (Å²) in [5.74, 6) is -0.504. The molecule has 4 rings (SSSR count). The zero-order valence-electron chi connectivity index (χ0n) is 19.3. The van der Waals surface area contributed by atoms with Gasteiger partial charge in [0.15, 0.2) is 18.1 Å². The first-order valence-electron chi connectivity index (χ1n) is 11.0. The fraction of sp³-hybridized carbons (Fsp3) is 0.200. The molecule has 2 aromatic carbocycles. The average Bonchev–Trinajstić information content (AvgIpc) is 3.13. The molecule has 0 saturated heterocycles. The van der Waals surface area contributed by atoms with Gasteiger partial charge in [-0.15, -0.1) is 0 Å². The van der Waals surface area contributed by atoms with Crippen LogP contribution >= 0.6 is 11.6 Å². The number of anilines is 1. The number of aryl methyl sites for hydroxylation is 1. The number of halogens is 1. The number of imide groups is 1. The SMILES string of the molecule is Cc1nn(Cc2ccccc2)c(Cl)c1/C=C/C(=O)OCC(=O)NC(=O)Nc1ccc2c(c1)OCCO2. The number of urea groups is 1. The standard InChI is InChI=1S/C25H23ClN4O6/c1-16-19(24(26)30(29-16)14-17-5-3-2-4-6-17)8-10-23(32)36-15-22(31)28-25(33)27-18-7-9-20-21(13-18)35-12-11-34-20/h2-10,13H,11-12,14-15H2,1H3,(H2,27,28,31,33)/b10-8+. The van der Waals surface area contributed by atoms with Crippen LogP contribution in [0.2, 0.25) is 5.15 Å². The van der Waals surface area contributed by atoms with E-state index in [1.165, 1.54) is 6.08 Å². The van der Waals surface area contributed by atoms with Crippen LogP contribution in [0, 0.1) is 6.92 Å². The van der Waals surface area contributed by atoms with Crippen molar-refractivity contribution in [2.24, 2.45) is 0 Å². The Morgan fingerprint density at radius 1 is 1.11 bits per heavy atom. The van der Waals surface area contributed by atoms with Crippen molar-refractivity contribution in [1.82, 2.24) is 15.1 Å². The highest BCUT2D eigenvalue weighted by molar-refractivity contribution is 6.31. The molecule has 0 spiro atoms. The molecule has 0 radical (unpaired) electrons. The number of amides is 3. The minimum atomic E-state index is -0.795. The number of fused-ring (bicyclic) bond motifs is 1. The number of nitrogens with one attached hydrogen (secondary N) is 2. The number of nitrogens with zero attached hydrogens (tertiary/aromatic N) is 2. The van der Waals surface area contributed by atoms with E-state index in [9.17, 15) is 14.4 Å². The Morgan fingerprint density at radius 3 is 2.64 bits per heavy atom. The van der Waals surface area contributed by atoms with Gasteiger partial charge in [0.05, 0.1) is 12.2 Å². The second-order valence-electron chi connectivity index (χ2n) is 7.73. The lowest BCUT2D eigenvalue weighted by Gasteiger charge is -2.19. The van der Waals surface area contributed by atoms with Crippen molar-refractivity contribution < 1.29 is 28.6 Å². The Bertz CT molecular complexity index is 1310. The van der Waals surface area contributed by atoms with Gasteiger partial charge in [-0.1, -0.05) is 41.9 Å². The molecular weight excluding hydrogens is 488 g/mol. The number of hydrogen-bond acceptors (Lipinski definition) is 7. The number of esters is 1. The Labute approximate surface area is 211 Å². The topological polar surface area (TPSA) is 121 Å². The summed E-state index contributed by atoms with van der Waals surface area (Å²) in [7, 11) is 0. The van der Waals surface area contributed by atoms with Gasteiger partial charge in [-0.3, -0.25) is 10.1 Å². The molecule has 36 heavy (non-hydrogen) atoms. The summed E-state index contributed by atoms with van der Waals surface area (Å²) in [6.07, 6.45) is 2.62. The lowest BCUT2D eigenvalue weighted by molar-refractivity contribution is -0.143. The number of carbonyl (C=O) groups is 3. The summed E-state index contributed by atoms with van der Waals surface area (Å²) >= 11 is 6.43. The van der Waals surface area contributed by atoms with E-state index in [2.05, 4.69) is 15.7 Å². The van der Waals surface area contributed by atoms with Gasteiger partial charge in [0.2, 0.25) is 0 Å². The number of ether oxygens (including phenoxy) is 3. The largest absolute Gasteiger partial charge is 0.486 e. The highest BCUT2D eigenvalue weighted by Crippen LogP contribution is 2.32. The van der Waals surface area contributed by atoms with E-state index in [0.717, 1.165) is 11.6 Å². The van der Waals surface area contributed by atoms with Gasteiger partial charge in [0.25, 0.3) is 5.91 Å². The average molecular weight is 511 g/mol. The summed E-state index contributed by atoms with van der Waals surface area (Å²) in [6, 6.07) is 13.8. The highest BCUT2D eigenvalue weighted by Gasteiger charge is 2.15. The van der Waals surface area contributed by atoms with Crippen molar-refractivity contribution in [3.63, 3.8) is 0 Å². The molecule has 1 aliphatic heterocycles. The maximum absolute atomic E-state index is 12.1. The molecule has 1 aromatic heterocycles. The zero-order valence-corrected chi connectivity index (χ0v) is 20.1. The van der Waals surface area contributed by atoms with Gasteiger partial charge in [-0.05, 0) is 30.7 Å². The summed E-state index contributed by atoms with van der Waals surface area (Å²) in [5.41, 5.74) is 2.63. The van der Waals surface area contributed by atoms with Gasteiger partial charge in [0, 0.05) is 23.4 Å². The van der Waals surface area contributed by atoms with Crippen molar-refractivity contribution in [1.29, 1.82) is 0 Å². The van der Waals surface area contributed by atoms with Crippen LogP contribution in [-0.4, -0.2) is 47.5 Å². The number of benzene rings is 2. The van der Waals surface area contributed by atoms with Crippen LogP contribution in [-0.2, 0) is 20.9 Å². The zero-order chi connectivity index (χ0) is 25.5. The Morgan fingerprint density at radius 2 is 1.86 bits per heavy atom. The Hall–Kier alpha value is -4.31. The number of rotatable bonds is 7. The summed E-state index contributed by atoms with van der Waals surface area (Å²) in [4.78, 5) is 36.1. The third-order valence-electron chi connectivity index (χ3n) is 5.07. The third-order valence-corrected chi connectivity index (χ3v) is 5.47. The normalized spacial score (nSPS) is 12.3. The minimum absolute atomic E-state index is 0.369. The van der Waals surface area contributed by atoms with E-state index in [0.29, 0.717) is 53.4 Å². The number of carbonyl (C=O) groups excluding carboxylic acids is 3. The molecule has 0 aliphatic carbocycles. The van der Waals surface area contributed by atoms with Crippen LogP contribution in [0.25, 0.3) is 6.08 Å². The van der Waals surface area contributed by atoms with Crippen LogP contribution in [0.4, 0.5) is 10.5 Å². The molecule has 11 heteroatoms. The molecule has 1 aliphatic rings. The summed E-state index contributed by atoms with van der Waals surface area (Å²) < 4.78 is 17.4. The first kappa shape index (κ1) is 24.8. The van der Waals surface area contributed by atoms with Crippen LogP contribution in [0.3, 0.4) is 0 Å². The predicted molar refractivity (Wildman–Crippen MR) is 132 cm³/mol. The molecule has 0 unspecified atom stereocenters. The molecule has 0 fully saturated rings. The van der Waals surface area contributed by atoms with Crippen LogP contribution in [0.1, 0.15) is 16.8 Å². The molecule has 0 saturated carbocycles. The van der Waals surface area contributed by atoms with Crippen molar-refractivity contribution in [3.8, 4) is 11.5 Å². The first-order valence-corrected chi connectivity index (χ1v) is 11.4. The monoisotopic (exact) mass is 510 g/mol. The van der Waals surface area contributed by atoms with Crippen LogP contribution < -0.4 is 20.1 Å². The van der Waals surface area contributed by atoms with E-state index in [1.807, 2.05) is 30.3 Å². The fourth-order valence-corrected chi connectivity index (χ4v) is 3.70. The van der Waals surface area contributed by atoms with Crippen molar-refractivity contribution >= 4 is 41.3 Å². The maximum atomic E-state index is 12.1. The molecule has 0 bridgehead atoms. The first-order chi connectivity index (χ1) is 17.4. The smallest absolute Gasteiger partial charge is 0.331 e. The van der Waals surface area contributed by atoms with Crippen LogP contribution in [0.5, 0.6) is 11.5 Å². The van der Waals surface area contributed by atoms with Gasteiger partial charge in [-0.2, -0.15) is 5.10 Å². The van der Waals surface area contributed by atoms with E-state index >= 15 is 0 Å². The fourth-order valence-electron chi connectivity index (χ4n) is 3.40. The third kappa shape index (κ3) is 6.42. The van der Waals surface area contributed by atoms with Gasteiger partial charge >= 0.3 is 12.0 Å². The van der Waals surface area contributed by atoms with Gasteiger partial charge in [-0.25, -0.2) is 14.3 Å². The van der Waals surface area contributed by atoms with E-state index in [4.69, 9.17) is 25.8 Å².